The Morgan fingerprint density at radius 1 is 1.20 bits per heavy atom. The van der Waals surface area contributed by atoms with Crippen molar-refractivity contribution in [1.29, 1.82) is 0 Å². The number of ketones is 1. The van der Waals surface area contributed by atoms with Crippen LogP contribution < -0.4 is 10.1 Å². The van der Waals surface area contributed by atoms with E-state index >= 15 is 0 Å². The maximum Gasteiger partial charge on any atom is 0.274 e. The Morgan fingerprint density at radius 2 is 1.92 bits per heavy atom. The van der Waals surface area contributed by atoms with Crippen molar-refractivity contribution in [3.63, 3.8) is 0 Å². The number of aromatic hydroxyl groups is 1. The zero-order valence-electron chi connectivity index (χ0n) is 14.4. The smallest absolute Gasteiger partial charge is 0.274 e. The molecular weight excluding hydrogens is 320 g/mol. The maximum atomic E-state index is 13.0. The molecule has 5 rings (SSSR count). The Kier molecular flexibility index (Phi) is 4.13. The standard InChI is InChI=1S/C19H24N2O4/c1-25-14-8-9-20-16(18(14)23)19(24)21-13-7-6-12-10-2-4-11(5-3-10)15(12)17(13)22/h8-13,15,23H,2-7H2,1H3,(H,21,24). The Bertz CT molecular complexity index is 697. The number of hydrogen-bond acceptors (Lipinski definition) is 5. The van der Waals surface area contributed by atoms with Crippen molar-refractivity contribution in [3.05, 3.63) is 18.0 Å². The number of hydrogen-bond donors (Lipinski definition) is 2. The lowest BCUT2D eigenvalue weighted by Gasteiger charge is -2.51. The predicted octanol–water partition coefficient (Wildman–Crippen LogP) is 2.31. The van der Waals surface area contributed by atoms with Crippen LogP contribution in [0.25, 0.3) is 0 Å². The number of carbonyl (C=O) groups excluding carboxylic acids is 2. The second-order valence-corrected chi connectivity index (χ2v) is 7.58. The maximum absolute atomic E-state index is 13.0. The van der Waals surface area contributed by atoms with Crippen molar-refractivity contribution in [2.75, 3.05) is 7.11 Å². The molecular formula is C19H24N2O4. The molecule has 0 radical (unpaired) electrons. The zero-order chi connectivity index (χ0) is 17.6. The molecule has 4 saturated carbocycles. The van der Waals surface area contributed by atoms with Crippen LogP contribution in [-0.4, -0.2) is 34.9 Å². The molecule has 1 amide bonds. The van der Waals surface area contributed by atoms with Crippen LogP contribution in [-0.2, 0) is 4.79 Å². The summed E-state index contributed by atoms with van der Waals surface area (Å²) in [7, 11) is 1.42. The Morgan fingerprint density at radius 3 is 2.64 bits per heavy atom. The highest BCUT2D eigenvalue weighted by Gasteiger charge is 2.50. The van der Waals surface area contributed by atoms with Gasteiger partial charge in [0.15, 0.2) is 23.0 Å². The quantitative estimate of drug-likeness (QED) is 0.878. The van der Waals surface area contributed by atoms with E-state index in [-0.39, 0.29) is 28.9 Å². The number of carbonyl (C=O) groups is 2. The summed E-state index contributed by atoms with van der Waals surface area (Å²) < 4.78 is 5.01. The SMILES string of the molecule is COc1ccnc(C(=O)NC2CCC3C4CCC(CC4)C3C2=O)c1O. The van der Waals surface area contributed by atoms with Gasteiger partial charge in [-0.1, -0.05) is 0 Å². The fourth-order valence-electron chi connectivity index (χ4n) is 5.30. The van der Waals surface area contributed by atoms with E-state index in [2.05, 4.69) is 10.3 Å². The van der Waals surface area contributed by atoms with Crippen LogP contribution in [0.15, 0.2) is 12.3 Å². The second kappa shape index (κ2) is 6.32. The molecule has 4 fully saturated rings. The van der Waals surface area contributed by atoms with Crippen LogP contribution in [0, 0.1) is 23.7 Å². The first-order valence-electron chi connectivity index (χ1n) is 9.16. The molecule has 1 heterocycles. The molecule has 3 atom stereocenters. The lowest BCUT2D eigenvalue weighted by Crippen LogP contribution is -2.55. The lowest BCUT2D eigenvalue weighted by atomic mass is 9.53. The molecule has 0 saturated heterocycles. The van der Waals surface area contributed by atoms with E-state index in [4.69, 9.17) is 4.74 Å². The number of fused-ring (bicyclic) bond motifs is 2. The predicted molar refractivity (Wildman–Crippen MR) is 90.4 cm³/mol. The summed E-state index contributed by atoms with van der Waals surface area (Å²) in [5.41, 5.74) is -0.0977. The molecule has 1 aromatic heterocycles. The second-order valence-electron chi connectivity index (χ2n) is 7.58. The largest absolute Gasteiger partial charge is 0.503 e. The third-order valence-electron chi connectivity index (χ3n) is 6.48. The summed E-state index contributed by atoms with van der Waals surface area (Å²) in [4.78, 5) is 29.5. The Balaban J connectivity index is 1.50. The van der Waals surface area contributed by atoms with Gasteiger partial charge in [0.25, 0.3) is 5.91 Å². The first-order chi connectivity index (χ1) is 12.1. The molecule has 4 aliphatic rings. The molecule has 1 aromatic rings. The number of Topliss-reactive ketones (excluding diaryl/α,β-unsaturated/α-hetero) is 1. The normalized spacial score (nSPS) is 33.6. The van der Waals surface area contributed by atoms with Gasteiger partial charge in [-0.2, -0.15) is 0 Å². The first-order valence-corrected chi connectivity index (χ1v) is 9.16. The number of methoxy groups -OCH3 is 1. The highest BCUT2D eigenvalue weighted by atomic mass is 16.5. The Labute approximate surface area is 147 Å². The molecule has 25 heavy (non-hydrogen) atoms. The Hall–Kier alpha value is -2.11. The zero-order valence-corrected chi connectivity index (χ0v) is 14.4. The summed E-state index contributed by atoms with van der Waals surface area (Å²) in [6.45, 7) is 0. The van der Waals surface area contributed by atoms with Crippen LogP contribution >= 0.6 is 0 Å². The minimum Gasteiger partial charge on any atom is -0.503 e. The van der Waals surface area contributed by atoms with Gasteiger partial charge in [-0.3, -0.25) is 9.59 Å². The van der Waals surface area contributed by atoms with Crippen LogP contribution in [0.5, 0.6) is 11.5 Å². The highest BCUT2D eigenvalue weighted by molar-refractivity contribution is 5.99. The molecule has 6 heteroatoms. The van der Waals surface area contributed by atoms with Crippen LogP contribution in [0.1, 0.15) is 49.0 Å². The molecule has 134 valence electrons. The van der Waals surface area contributed by atoms with Crippen LogP contribution in [0.3, 0.4) is 0 Å². The number of rotatable bonds is 3. The van der Waals surface area contributed by atoms with Gasteiger partial charge < -0.3 is 15.2 Å². The van der Waals surface area contributed by atoms with Crippen LogP contribution in [0.4, 0.5) is 0 Å². The van der Waals surface area contributed by atoms with Gasteiger partial charge in [0.1, 0.15) is 0 Å². The third kappa shape index (κ3) is 2.68. The van der Waals surface area contributed by atoms with E-state index in [0.29, 0.717) is 24.2 Å². The average Bonchev–Trinajstić information content (AvgIpc) is 2.65. The highest BCUT2D eigenvalue weighted by Crippen LogP contribution is 2.53. The van der Waals surface area contributed by atoms with Crippen molar-refractivity contribution in [2.45, 2.75) is 44.6 Å². The van der Waals surface area contributed by atoms with Gasteiger partial charge in [0, 0.05) is 18.2 Å². The van der Waals surface area contributed by atoms with Gasteiger partial charge in [0.05, 0.1) is 13.2 Å². The van der Waals surface area contributed by atoms with Crippen molar-refractivity contribution in [1.82, 2.24) is 10.3 Å². The summed E-state index contributed by atoms with van der Waals surface area (Å²) in [5, 5.41) is 12.9. The molecule has 4 aliphatic carbocycles. The molecule has 6 nitrogen and oxygen atoms in total. The van der Waals surface area contributed by atoms with Crippen molar-refractivity contribution in [2.24, 2.45) is 23.7 Å². The number of ether oxygens (including phenoxy) is 1. The van der Waals surface area contributed by atoms with E-state index in [1.54, 1.807) is 0 Å². The fraction of sp³-hybridized carbons (Fsp3) is 0.632. The molecule has 0 aromatic carbocycles. The molecule has 0 spiro atoms. The van der Waals surface area contributed by atoms with E-state index in [9.17, 15) is 14.7 Å². The van der Waals surface area contributed by atoms with Crippen molar-refractivity contribution in [3.8, 4) is 11.5 Å². The number of pyridine rings is 1. The topological polar surface area (TPSA) is 88.5 Å². The summed E-state index contributed by atoms with van der Waals surface area (Å²) in [6.07, 6.45) is 7.91. The number of amides is 1. The van der Waals surface area contributed by atoms with Gasteiger partial charge in [-0.25, -0.2) is 4.98 Å². The summed E-state index contributed by atoms with van der Waals surface area (Å²) >= 11 is 0. The van der Waals surface area contributed by atoms with E-state index in [1.165, 1.54) is 32.2 Å². The van der Waals surface area contributed by atoms with Crippen molar-refractivity contribution >= 4 is 11.7 Å². The van der Waals surface area contributed by atoms with Gasteiger partial charge in [-0.15, -0.1) is 0 Å². The third-order valence-corrected chi connectivity index (χ3v) is 6.48. The minimum absolute atomic E-state index is 0.0977. The fourth-order valence-corrected chi connectivity index (χ4v) is 5.30. The lowest BCUT2D eigenvalue weighted by molar-refractivity contribution is -0.138. The number of nitrogens with one attached hydrogen (secondary N) is 1. The first kappa shape index (κ1) is 16.4. The molecule has 0 aliphatic heterocycles. The molecule has 2 bridgehead atoms. The average molecular weight is 344 g/mol. The monoisotopic (exact) mass is 344 g/mol. The summed E-state index contributed by atoms with van der Waals surface area (Å²) in [5.74, 6) is 1.37. The number of nitrogens with zero attached hydrogens (tertiary/aromatic N) is 1. The van der Waals surface area contributed by atoms with Gasteiger partial charge >= 0.3 is 0 Å². The van der Waals surface area contributed by atoms with Crippen LogP contribution in [0.2, 0.25) is 0 Å². The van der Waals surface area contributed by atoms with Crippen molar-refractivity contribution < 1.29 is 19.4 Å². The molecule has 3 unspecified atom stereocenters. The van der Waals surface area contributed by atoms with E-state index < -0.39 is 11.9 Å². The minimum atomic E-state index is -0.519. The molecule has 2 N–H and O–H groups in total. The van der Waals surface area contributed by atoms with E-state index in [1.807, 2.05) is 0 Å². The van der Waals surface area contributed by atoms with Gasteiger partial charge in [0.2, 0.25) is 0 Å². The van der Waals surface area contributed by atoms with E-state index in [0.717, 1.165) is 19.3 Å². The summed E-state index contributed by atoms with van der Waals surface area (Å²) in [6, 6.07) is 1.02. The van der Waals surface area contributed by atoms with Gasteiger partial charge in [-0.05, 0) is 56.3 Å². The number of aromatic nitrogens is 1.